The summed E-state index contributed by atoms with van der Waals surface area (Å²) in [5.74, 6) is 0.731. The molecule has 2 fully saturated rings. The van der Waals surface area contributed by atoms with Crippen LogP contribution in [-0.2, 0) is 6.54 Å². The molecule has 1 aromatic carbocycles. The van der Waals surface area contributed by atoms with Crippen LogP contribution in [0.25, 0.3) is 11.2 Å². The van der Waals surface area contributed by atoms with Gasteiger partial charge in [0.15, 0.2) is 5.65 Å². The van der Waals surface area contributed by atoms with Crippen LogP contribution in [0.4, 0.5) is 14.6 Å². The summed E-state index contributed by atoms with van der Waals surface area (Å²) in [6, 6.07) is 7.88. The summed E-state index contributed by atoms with van der Waals surface area (Å²) in [7, 11) is 0. The second-order valence-electron chi connectivity index (χ2n) is 7.67. The van der Waals surface area contributed by atoms with Crippen LogP contribution in [0, 0.1) is 5.41 Å². The van der Waals surface area contributed by atoms with E-state index in [1.54, 1.807) is 18.1 Å². The SMILES string of the molecule is FC(F)Cn1ncc2ncc(N3CCC4(CN(Sc5ccc(Cl)cc5)C4)C3)nc21. The molecule has 0 amide bonds. The molecule has 5 rings (SSSR count). The Bertz CT molecular complexity index is 1020. The highest BCUT2D eigenvalue weighted by atomic mass is 35.5. The summed E-state index contributed by atoms with van der Waals surface area (Å²) in [6.07, 6.45) is 1.81. The van der Waals surface area contributed by atoms with Crippen molar-refractivity contribution in [2.24, 2.45) is 5.41 Å². The molecule has 3 aromatic rings. The first kappa shape index (κ1) is 19.0. The van der Waals surface area contributed by atoms with Gasteiger partial charge >= 0.3 is 0 Å². The summed E-state index contributed by atoms with van der Waals surface area (Å²) >= 11 is 7.70. The molecule has 10 heteroatoms. The number of nitrogens with zero attached hydrogens (tertiary/aromatic N) is 6. The van der Waals surface area contributed by atoms with Crippen molar-refractivity contribution >= 4 is 40.5 Å². The van der Waals surface area contributed by atoms with Crippen molar-refractivity contribution in [2.75, 3.05) is 31.1 Å². The molecule has 0 unspecified atom stereocenters. The fourth-order valence-corrected chi connectivity index (χ4v) is 5.41. The number of alkyl halides is 2. The van der Waals surface area contributed by atoms with Gasteiger partial charge in [0.25, 0.3) is 6.43 Å². The first-order chi connectivity index (χ1) is 14.0. The van der Waals surface area contributed by atoms with Gasteiger partial charge in [-0.2, -0.15) is 5.10 Å². The molecule has 2 aliphatic rings. The highest BCUT2D eigenvalue weighted by Gasteiger charge is 2.48. The van der Waals surface area contributed by atoms with Gasteiger partial charge in [-0.1, -0.05) is 11.6 Å². The molecule has 0 N–H and O–H groups in total. The molecule has 1 spiro atoms. The van der Waals surface area contributed by atoms with Crippen molar-refractivity contribution in [3.63, 3.8) is 0 Å². The van der Waals surface area contributed by atoms with E-state index in [2.05, 4.69) is 24.3 Å². The van der Waals surface area contributed by atoms with Crippen LogP contribution in [0.3, 0.4) is 0 Å². The zero-order chi connectivity index (χ0) is 20.0. The Morgan fingerprint density at radius 2 is 1.93 bits per heavy atom. The molecule has 0 bridgehead atoms. The van der Waals surface area contributed by atoms with Gasteiger partial charge in [0.1, 0.15) is 17.9 Å². The number of halogens is 3. The summed E-state index contributed by atoms with van der Waals surface area (Å²) in [5, 5.41) is 4.73. The van der Waals surface area contributed by atoms with Crippen molar-refractivity contribution in [3.05, 3.63) is 41.7 Å². The molecule has 0 radical (unpaired) electrons. The Morgan fingerprint density at radius 1 is 1.14 bits per heavy atom. The second-order valence-corrected chi connectivity index (χ2v) is 9.28. The number of benzene rings is 1. The van der Waals surface area contributed by atoms with Crippen molar-refractivity contribution in [2.45, 2.75) is 24.3 Å². The number of anilines is 1. The maximum Gasteiger partial charge on any atom is 0.258 e. The minimum atomic E-state index is -2.47. The fraction of sp³-hybridized carbons (Fsp3) is 0.421. The minimum Gasteiger partial charge on any atom is -0.355 e. The van der Waals surface area contributed by atoms with Gasteiger partial charge in [-0.05, 0) is 42.6 Å². The number of hydrogen-bond acceptors (Lipinski definition) is 6. The van der Waals surface area contributed by atoms with E-state index in [1.807, 2.05) is 24.3 Å². The lowest BCUT2D eigenvalue weighted by molar-refractivity contribution is 0.105. The number of rotatable bonds is 5. The Hall–Kier alpha value is -1.97. The van der Waals surface area contributed by atoms with Crippen LogP contribution in [0.2, 0.25) is 5.02 Å². The highest BCUT2D eigenvalue weighted by Crippen LogP contribution is 2.45. The van der Waals surface area contributed by atoms with E-state index >= 15 is 0 Å². The standard InChI is InChI=1S/C19H19ClF2N6S/c20-13-1-3-14(4-2-13)29-27-11-19(12-27)5-6-26(10-19)17-8-23-15-7-24-28(9-16(21)22)18(15)25-17/h1-4,7-8,16H,5-6,9-12H2. The molecule has 0 aliphatic carbocycles. The van der Waals surface area contributed by atoms with Crippen LogP contribution in [0.5, 0.6) is 0 Å². The first-order valence-electron chi connectivity index (χ1n) is 9.40. The maximum atomic E-state index is 12.8. The smallest absolute Gasteiger partial charge is 0.258 e. The third-order valence-corrected chi connectivity index (χ3v) is 6.73. The zero-order valence-corrected chi connectivity index (χ0v) is 17.1. The Labute approximate surface area is 176 Å². The summed E-state index contributed by atoms with van der Waals surface area (Å²) < 4.78 is 29.1. The third-order valence-electron chi connectivity index (χ3n) is 5.48. The van der Waals surface area contributed by atoms with Gasteiger partial charge in [0.05, 0.1) is 12.4 Å². The van der Waals surface area contributed by atoms with E-state index < -0.39 is 13.0 Å². The zero-order valence-electron chi connectivity index (χ0n) is 15.5. The topological polar surface area (TPSA) is 50.1 Å². The number of hydrogen-bond donors (Lipinski definition) is 0. The van der Waals surface area contributed by atoms with Crippen LogP contribution in [-0.4, -0.2) is 56.7 Å². The molecule has 6 nitrogen and oxygen atoms in total. The summed E-state index contributed by atoms with van der Waals surface area (Å²) in [4.78, 5) is 12.3. The Balaban J connectivity index is 1.25. The van der Waals surface area contributed by atoms with Crippen LogP contribution < -0.4 is 4.90 Å². The van der Waals surface area contributed by atoms with Gasteiger partial charge in [0.2, 0.25) is 0 Å². The van der Waals surface area contributed by atoms with Gasteiger partial charge in [0, 0.05) is 41.5 Å². The molecule has 2 aliphatic heterocycles. The van der Waals surface area contributed by atoms with Crippen molar-refractivity contribution in [3.8, 4) is 0 Å². The molecular weight excluding hydrogens is 418 g/mol. The molecular formula is C19H19ClF2N6S. The first-order valence-corrected chi connectivity index (χ1v) is 10.6. The van der Waals surface area contributed by atoms with E-state index in [0.717, 1.165) is 43.4 Å². The quantitative estimate of drug-likeness (QED) is 0.564. The predicted octanol–water partition coefficient (Wildman–Crippen LogP) is 3.96. The predicted molar refractivity (Wildman–Crippen MR) is 109 cm³/mol. The monoisotopic (exact) mass is 436 g/mol. The Morgan fingerprint density at radius 3 is 2.69 bits per heavy atom. The normalized spacial score (nSPS) is 18.8. The van der Waals surface area contributed by atoms with Crippen LogP contribution in [0.1, 0.15) is 6.42 Å². The summed E-state index contributed by atoms with van der Waals surface area (Å²) in [6.45, 7) is 3.34. The third kappa shape index (κ3) is 3.78. The van der Waals surface area contributed by atoms with Crippen LogP contribution in [0.15, 0.2) is 41.6 Å². The average Bonchev–Trinajstić information content (AvgIpc) is 3.28. The van der Waals surface area contributed by atoms with E-state index in [1.165, 1.54) is 15.8 Å². The van der Waals surface area contributed by atoms with Gasteiger partial charge in [-0.25, -0.2) is 27.7 Å². The largest absolute Gasteiger partial charge is 0.355 e. The van der Waals surface area contributed by atoms with Gasteiger partial charge < -0.3 is 4.90 Å². The number of fused-ring (bicyclic) bond motifs is 1. The van der Waals surface area contributed by atoms with Crippen molar-refractivity contribution < 1.29 is 8.78 Å². The van der Waals surface area contributed by atoms with E-state index in [9.17, 15) is 8.78 Å². The molecule has 0 saturated carbocycles. The molecule has 2 saturated heterocycles. The molecule has 2 aromatic heterocycles. The Kier molecular flexibility index (Phi) is 4.84. The molecule has 152 valence electrons. The molecule has 29 heavy (non-hydrogen) atoms. The molecule has 4 heterocycles. The lowest BCUT2D eigenvalue weighted by Gasteiger charge is -2.47. The fourth-order valence-electron chi connectivity index (χ4n) is 4.06. The highest BCUT2D eigenvalue weighted by molar-refractivity contribution is 7.97. The van der Waals surface area contributed by atoms with E-state index in [-0.39, 0.29) is 5.41 Å². The van der Waals surface area contributed by atoms with Crippen molar-refractivity contribution in [1.29, 1.82) is 0 Å². The molecule has 0 atom stereocenters. The van der Waals surface area contributed by atoms with Gasteiger partial charge in [-0.3, -0.25) is 0 Å². The second kappa shape index (κ2) is 7.37. The lowest BCUT2D eigenvalue weighted by atomic mass is 9.81. The van der Waals surface area contributed by atoms with Crippen LogP contribution >= 0.6 is 23.5 Å². The maximum absolute atomic E-state index is 12.8. The summed E-state index contributed by atoms with van der Waals surface area (Å²) in [5.41, 5.74) is 1.20. The lowest BCUT2D eigenvalue weighted by Crippen LogP contribution is -2.54. The van der Waals surface area contributed by atoms with Gasteiger partial charge in [-0.15, -0.1) is 0 Å². The van der Waals surface area contributed by atoms with E-state index in [4.69, 9.17) is 11.6 Å². The van der Waals surface area contributed by atoms with Crippen molar-refractivity contribution in [1.82, 2.24) is 24.1 Å². The van der Waals surface area contributed by atoms with E-state index in [0.29, 0.717) is 11.2 Å². The average molecular weight is 437 g/mol. The minimum absolute atomic E-state index is 0.249. The number of aromatic nitrogens is 4.